The molecule has 7 nitrogen and oxygen atoms in total. The molecule has 1 aliphatic rings. The summed E-state index contributed by atoms with van der Waals surface area (Å²) >= 11 is 0. The predicted molar refractivity (Wildman–Crippen MR) is 135 cm³/mol. The molecule has 0 radical (unpaired) electrons. The van der Waals surface area contributed by atoms with E-state index >= 15 is 0 Å². The Kier molecular flexibility index (Phi) is 8.01. The topological polar surface area (TPSA) is 97.4 Å². The van der Waals surface area contributed by atoms with Gasteiger partial charge >= 0.3 is 0 Å². The minimum absolute atomic E-state index is 0.0655. The maximum Gasteiger partial charge on any atom is 0.242 e. The third-order valence-corrected chi connectivity index (χ3v) is 8.08. The van der Waals surface area contributed by atoms with Crippen LogP contribution in [0.1, 0.15) is 44.2 Å². The van der Waals surface area contributed by atoms with Crippen LogP contribution in [-0.4, -0.2) is 32.5 Å². The van der Waals surface area contributed by atoms with Crippen LogP contribution in [-0.2, 0) is 14.8 Å². The average Bonchev–Trinajstić information content (AvgIpc) is 2.89. The second-order valence-electron chi connectivity index (χ2n) is 9.03. The number of carbonyl (C=O) groups excluding carboxylic acids is 1. The van der Waals surface area contributed by atoms with E-state index in [2.05, 4.69) is 15.0 Å². The van der Waals surface area contributed by atoms with Gasteiger partial charge in [0, 0.05) is 23.7 Å². The number of carbonyl (C=O) groups is 1. The molecule has 1 unspecified atom stereocenters. The van der Waals surface area contributed by atoms with Crippen LogP contribution in [0, 0.1) is 11.7 Å². The number of amides is 1. The molecule has 1 fully saturated rings. The number of hydrogen-bond acceptors (Lipinski definition) is 5. The molecule has 0 spiro atoms. The molecule has 9 heteroatoms. The third-order valence-electron chi connectivity index (χ3n) is 6.58. The molecule has 0 saturated heterocycles. The number of nitrogens with zero attached hydrogens (tertiary/aromatic N) is 1. The molecule has 36 heavy (non-hydrogen) atoms. The van der Waals surface area contributed by atoms with Crippen molar-refractivity contribution in [1.82, 2.24) is 15.0 Å². The first-order chi connectivity index (χ1) is 17.3. The van der Waals surface area contributed by atoms with Crippen molar-refractivity contribution >= 4 is 15.9 Å². The Bertz CT molecular complexity index is 1290. The van der Waals surface area contributed by atoms with Gasteiger partial charge < -0.3 is 10.1 Å². The Labute approximate surface area is 211 Å². The molecule has 0 bridgehead atoms. The third kappa shape index (κ3) is 6.09. The molecular weight excluding hydrogens is 481 g/mol. The minimum Gasteiger partial charge on any atom is -0.496 e. The van der Waals surface area contributed by atoms with E-state index in [4.69, 9.17) is 4.74 Å². The van der Waals surface area contributed by atoms with Crippen LogP contribution in [0.5, 0.6) is 5.75 Å². The molecule has 1 aromatic heterocycles. The summed E-state index contributed by atoms with van der Waals surface area (Å²) < 4.78 is 47.1. The number of ether oxygens (including phenoxy) is 1. The lowest BCUT2D eigenvalue weighted by Gasteiger charge is -2.29. The van der Waals surface area contributed by atoms with Gasteiger partial charge in [-0.2, -0.15) is 0 Å². The lowest BCUT2D eigenvalue weighted by molar-refractivity contribution is -0.126. The average molecular weight is 512 g/mol. The van der Waals surface area contributed by atoms with Crippen LogP contribution in [0.4, 0.5) is 4.39 Å². The Balaban J connectivity index is 1.32. The Morgan fingerprint density at radius 3 is 2.36 bits per heavy atom. The second-order valence-corrected chi connectivity index (χ2v) is 10.7. The number of sulfonamides is 1. The number of pyridine rings is 1. The van der Waals surface area contributed by atoms with Gasteiger partial charge in [0.25, 0.3) is 0 Å². The number of halogens is 1. The van der Waals surface area contributed by atoms with E-state index in [0.29, 0.717) is 37.1 Å². The van der Waals surface area contributed by atoms with Gasteiger partial charge in [-0.3, -0.25) is 9.78 Å². The molecule has 190 valence electrons. The summed E-state index contributed by atoms with van der Waals surface area (Å²) in [4.78, 5) is 17.1. The normalized spacial score (nSPS) is 18.9. The molecule has 1 amide bonds. The molecular formula is C27H30FN3O4S. The summed E-state index contributed by atoms with van der Waals surface area (Å²) in [7, 11) is -2.17. The van der Waals surface area contributed by atoms with Gasteiger partial charge in [0.15, 0.2) is 0 Å². The van der Waals surface area contributed by atoms with Gasteiger partial charge in [-0.25, -0.2) is 17.5 Å². The van der Waals surface area contributed by atoms with Crippen LogP contribution < -0.4 is 14.8 Å². The maximum atomic E-state index is 13.1. The summed E-state index contributed by atoms with van der Waals surface area (Å²) in [6.07, 6.45) is 3.64. The number of hydrogen-bond donors (Lipinski definition) is 2. The fraction of sp³-hybridized carbons (Fsp3) is 0.333. The highest BCUT2D eigenvalue weighted by molar-refractivity contribution is 7.89. The SMILES string of the molecule is COc1ccccc1-c1ccc(S(=O)(=O)NC2CCC(C(=O)NC(C)c3ccc(F)cc3)CC2)cn1. The van der Waals surface area contributed by atoms with Crippen molar-refractivity contribution in [3.63, 3.8) is 0 Å². The molecule has 1 heterocycles. The van der Waals surface area contributed by atoms with E-state index in [1.165, 1.54) is 24.4 Å². The van der Waals surface area contributed by atoms with E-state index < -0.39 is 10.0 Å². The molecule has 1 atom stereocenters. The lowest BCUT2D eigenvalue weighted by atomic mass is 9.85. The van der Waals surface area contributed by atoms with Crippen LogP contribution in [0.25, 0.3) is 11.3 Å². The van der Waals surface area contributed by atoms with Crippen molar-refractivity contribution in [1.29, 1.82) is 0 Å². The number of para-hydroxylation sites is 1. The molecule has 2 N–H and O–H groups in total. The van der Waals surface area contributed by atoms with Crippen LogP contribution in [0.15, 0.2) is 71.8 Å². The number of nitrogens with one attached hydrogen (secondary N) is 2. The largest absolute Gasteiger partial charge is 0.496 e. The van der Waals surface area contributed by atoms with E-state index in [9.17, 15) is 17.6 Å². The molecule has 0 aliphatic heterocycles. The fourth-order valence-corrected chi connectivity index (χ4v) is 5.73. The Hall–Kier alpha value is -3.30. The number of methoxy groups -OCH3 is 1. The van der Waals surface area contributed by atoms with Crippen molar-refractivity contribution in [3.8, 4) is 17.0 Å². The highest BCUT2D eigenvalue weighted by Gasteiger charge is 2.30. The number of aromatic nitrogens is 1. The highest BCUT2D eigenvalue weighted by Crippen LogP contribution is 2.29. The summed E-state index contributed by atoms with van der Waals surface area (Å²) in [6, 6.07) is 16.2. The first kappa shape index (κ1) is 25.8. The van der Waals surface area contributed by atoms with Crippen LogP contribution >= 0.6 is 0 Å². The van der Waals surface area contributed by atoms with Gasteiger partial charge in [-0.05, 0) is 74.6 Å². The van der Waals surface area contributed by atoms with Gasteiger partial charge in [-0.15, -0.1) is 0 Å². The Morgan fingerprint density at radius 2 is 1.72 bits per heavy atom. The van der Waals surface area contributed by atoms with Gasteiger partial charge in [-0.1, -0.05) is 24.3 Å². The number of rotatable bonds is 8. The van der Waals surface area contributed by atoms with E-state index in [1.54, 1.807) is 25.3 Å². The van der Waals surface area contributed by atoms with Crippen molar-refractivity contribution in [2.75, 3.05) is 7.11 Å². The fourth-order valence-electron chi connectivity index (χ4n) is 4.48. The maximum absolute atomic E-state index is 13.1. The summed E-state index contributed by atoms with van der Waals surface area (Å²) in [6.45, 7) is 1.86. The summed E-state index contributed by atoms with van der Waals surface area (Å²) in [5.74, 6) is 0.0903. The van der Waals surface area contributed by atoms with Crippen molar-refractivity contribution in [3.05, 3.63) is 78.2 Å². The lowest BCUT2D eigenvalue weighted by Crippen LogP contribution is -2.41. The van der Waals surface area contributed by atoms with E-state index in [-0.39, 0.29) is 34.6 Å². The molecule has 2 aromatic carbocycles. The molecule has 3 aromatic rings. The highest BCUT2D eigenvalue weighted by atomic mass is 32.2. The van der Waals surface area contributed by atoms with Crippen LogP contribution in [0.3, 0.4) is 0 Å². The van der Waals surface area contributed by atoms with E-state index in [1.807, 2.05) is 31.2 Å². The van der Waals surface area contributed by atoms with Gasteiger partial charge in [0.05, 0.1) is 18.8 Å². The molecule has 4 rings (SSSR count). The smallest absolute Gasteiger partial charge is 0.242 e. The number of benzene rings is 2. The second kappa shape index (κ2) is 11.2. The Morgan fingerprint density at radius 1 is 1.03 bits per heavy atom. The quantitative estimate of drug-likeness (QED) is 0.460. The predicted octanol–water partition coefficient (Wildman–Crippen LogP) is 4.61. The van der Waals surface area contributed by atoms with Crippen LogP contribution in [0.2, 0.25) is 0 Å². The monoisotopic (exact) mass is 511 g/mol. The first-order valence-electron chi connectivity index (χ1n) is 11.9. The summed E-state index contributed by atoms with van der Waals surface area (Å²) in [5, 5.41) is 2.98. The molecule has 1 aliphatic carbocycles. The zero-order chi connectivity index (χ0) is 25.7. The molecule has 1 saturated carbocycles. The van der Waals surface area contributed by atoms with Gasteiger partial charge in [0.2, 0.25) is 15.9 Å². The zero-order valence-corrected chi connectivity index (χ0v) is 21.1. The van der Waals surface area contributed by atoms with E-state index in [0.717, 1.165) is 11.1 Å². The minimum atomic E-state index is -3.75. The van der Waals surface area contributed by atoms with Gasteiger partial charge in [0.1, 0.15) is 16.5 Å². The zero-order valence-electron chi connectivity index (χ0n) is 20.3. The standard InChI is InChI=1S/C27H30FN3O4S/c1-18(19-7-11-21(28)12-8-19)30-27(32)20-9-13-22(14-10-20)31-36(33,34)23-15-16-25(29-17-23)24-5-3-4-6-26(24)35-2/h3-8,11-12,15-18,20,22,31H,9-10,13-14H2,1-2H3,(H,30,32). The van der Waals surface area contributed by atoms with Crippen molar-refractivity contribution in [2.45, 2.75) is 49.6 Å². The summed E-state index contributed by atoms with van der Waals surface area (Å²) in [5.41, 5.74) is 2.23. The van der Waals surface area contributed by atoms with Crippen molar-refractivity contribution < 1.29 is 22.3 Å². The van der Waals surface area contributed by atoms with Crippen molar-refractivity contribution in [2.24, 2.45) is 5.92 Å². The first-order valence-corrected chi connectivity index (χ1v) is 13.4.